The molecule has 1 atom stereocenters. The Morgan fingerprint density at radius 3 is 2.62 bits per heavy atom. The van der Waals surface area contributed by atoms with Gasteiger partial charge < -0.3 is 9.64 Å². The van der Waals surface area contributed by atoms with Crippen LogP contribution in [0.3, 0.4) is 0 Å². The molecule has 0 N–H and O–H groups in total. The second-order valence-corrected chi connectivity index (χ2v) is 5.16. The SMILES string of the molecule is CC(C)OC[C@@H]1CC2(CC2)CN1C. The Hall–Kier alpha value is -0.0800. The third kappa shape index (κ3) is 2.05. The predicted molar refractivity (Wildman–Crippen MR) is 53.8 cm³/mol. The molecule has 0 unspecified atom stereocenters. The Morgan fingerprint density at radius 1 is 1.46 bits per heavy atom. The Bertz CT molecular complexity index is 187. The van der Waals surface area contributed by atoms with E-state index in [1.54, 1.807) is 0 Å². The first kappa shape index (κ1) is 9.47. The van der Waals surface area contributed by atoms with Gasteiger partial charge in [0.05, 0.1) is 12.7 Å². The highest BCUT2D eigenvalue weighted by Crippen LogP contribution is 2.54. The Morgan fingerprint density at radius 2 is 2.15 bits per heavy atom. The second-order valence-electron chi connectivity index (χ2n) is 5.16. The van der Waals surface area contributed by atoms with Crippen molar-refractivity contribution >= 4 is 0 Å². The van der Waals surface area contributed by atoms with E-state index in [0.717, 1.165) is 12.0 Å². The lowest BCUT2D eigenvalue weighted by Gasteiger charge is -2.20. The molecular formula is C11H21NO. The Kier molecular flexibility index (Phi) is 2.37. The predicted octanol–water partition coefficient (Wildman–Crippen LogP) is 1.90. The van der Waals surface area contributed by atoms with Gasteiger partial charge in [-0.15, -0.1) is 0 Å². The molecule has 0 radical (unpaired) electrons. The minimum Gasteiger partial charge on any atom is -0.377 e. The summed E-state index contributed by atoms with van der Waals surface area (Å²) in [5.41, 5.74) is 0.722. The van der Waals surface area contributed by atoms with Crippen LogP contribution in [0.4, 0.5) is 0 Å². The van der Waals surface area contributed by atoms with Gasteiger partial charge in [0, 0.05) is 12.6 Å². The van der Waals surface area contributed by atoms with Crippen molar-refractivity contribution in [3.05, 3.63) is 0 Å². The number of likely N-dealkylation sites (N-methyl/N-ethyl adjacent to an activating group) is 1. The molecule has 0 aromatic carbocycles. The number of hydrogen-bond donors (Lipinski definition) is 0. The van der Waals surface area contributed by atoms with E-state index < -0.39 is 0 Å². The van der Waals surface area contributed by atoms with E-state index in [2.05, 4.69) is 25.8 Å². The van der Waals surface area contributed by atoms with Crippen LogP contribution < -0.4 is 0 Å². The molecule has 2 nitrogen and oxygen atoms in total. The van der Waals surface area contributed by atoms with Crippen LogP contribution in [0.25, 0.3) is 0 Å². The number of likely N-dealkylation sites (tertiary alicyclic amines) is 1. The number of hydrogen-bond acceptors (Lipinski definition) is 2. The largest absolute Gasteiger partial charge is 0.377 e. The lowest BCUT2D eigenvalue weighted by molar-refractivity contribution is 0.0431. The van der Waals surface area contributed by atoms with Crippen molar-refractivity contribution < 1.29 is 4.74 Å². The fourth-order valence-corrected chi connectivity index (χ4v) is 2.41. The van der Waals surface area contributed by atoms with E-state index in [1.165, 1.54) is 25.8 Å². The van der Waals surface area contributed by atoms with Gasteiger partial charge in [0.2, 0.25) is 0 Å². The van der Waals surface area contributed by atoms with Crippen LogP contribution in [-0.4, -0.2) is 37.2 Å². The maximum absolute atomic E-state index is 5.68. The molecule has 1 aliphatic heterocycles. The molecule has 0 bridgehead atoms. The van der Waals surface area contributed by atoms with Crippen molar-refractivity contribution in [3.8, 4) is 0 Å². The molecule has 13 heavy (non-hydrogen) atoms. The molecule has 76 valence electrons. The molecule has 1 heterocycles. The summed E-state index contributed by atoms with van der Waals surface area (Å²) < 4.78 is 5.68. The fraction of sp³-hybridized carbons (Fsp3) is 1.00. The fourth-order valence-electron chi connectivity index (χ4n) is 2.41. The van der Waals surface area contributed by atoms with Crippen LogP contribution in [0, 0.1) is 5.41 Å². The van der Waals surface area contributed by atoms with Gasteiger partial charge in [-0.2, -0.15) is 0 Å². The van der Waals surface area contributed by atoms with Crippen LogP contribution in [0.1, 0.15) is 33.1 Å². The Balaban J connectivity index is 1.80. The van der Waals surface area contributed by atoms with Crippen LogP contribution in [0.2, 0.25) is 0 Å². The van der Waals surface area contributed by atoms with Crippen molar-refractivity contribution in [1.29, 1.82) is 0 Å². The van der Waals surface area contributed by atoms with E-state index >= 15 is 0 Å². The molecule has 1 saturated heterocycles. The topological polar surface area (TPSA) is 12.5 Å². The van der Waals surface area contributed by atoms with Gasteiger partial charge in [-0.25, -0.2) is 0 Å². The average Bonchev–Trinajstić information content (AvgIpc) is 2.69. The lowest BCUT2D eigenvalue weighted by atomic mass is 10.0. The third-order valence-electron chi connectivity index (χ3n) is 3.46. The summed E-state index contributed by atoms with van der Waals surface area (Å²) in [6.45, 7) is 6.46. The number of rotatable bonds is 3. The molecule has 2 rings (SSSR count). The van der Waals surface area contributed by atoms with Crippen molar-refractivity contribution in [2.45, 2.75) is 45.3 Å². The number of ether oxygens (including phenoxy) is 1. The minimum atomic E-state index is 0.379. The maximum Gasteiger partial charge on any atom is 0.0625 e. The van der Waals surface area contributed by atoms with Crippen LogP contribution in [0.5, 0.6) is 0 Å². The van der Waals surface area contributed by atoms with Crippen molar-refractivity contribution in [3.63, 3.8) is 0 Å². The summed E-state index contributed by atoms with van der Waals surface area (Å²) in [6.07, 6.45) is 4.66. The van der Waals surface area contributed by atoms with E-state index in [-0.39, 0.29) is 0 Å². The highest BCUT2D eigenvalue weighted by Gasteiger charge is 2.50. The van der Waals surface area contributed by atoms with Gasteiger partial charge in [-0.1, -0.05) is 0 Å². The highest BCUT2D eigenvalue weighted by molar-refractivity contribution is 5.03. The average molecular weight is 183 g/mol. The van der Waals surface area contributed by atoms with Gasteiger partial charge in [0.15, 0.2) is 0 Å². The summed E-state index contributed by atoms with van der Waals surface area (Å²) in [5.74, 6) is 0. The standard InChI is InChI=1S/C11H21NO/c1-9(2)13-7-10-6-11(4-5-11)8-12(10)3/h9-10H,4-8H2,1-3H3/t10-/m0/s1. The minimum absolute atomic E-state index is 0.379. The molecule has 2 fully saturated rings. The van der Waals surface area contributed by atoms with E-state index in [4.69, 9.17) is 4.74 Å². The normalized spacial score (nSPS) is 31.8. The van der Waals surface area contributed by atoms with Crippen molar-refractivity contribution in [2.75, 3.05) is 20.2 Å². The van der Waals surface area contributed by atoms with E-state index in [9.17, 15) is 0 Å². The second kappa shape index (κ2) is 3.25. The van der Waals surface area contributed by atoms with Gasteiger partial charge in [0.1, 0.15) is 0 Å². The summed E-state index contributed by atoms with van der Waals surface area (Å²) in [7, 11) is 2.24. The Labute approximate surface area is 81.3 Å². The van der Waals surface area contributed by atoms with Crippen molar-refractivity contribution in [2.24, 2.45) is 5.41 Å². The number of nitrogens with zero attached hydrogens (tertiary/aromatic N) is 1. The third-order valence-corrected chi connectivity index (χ3v) is 3.46. The lowest BCUT2D eigenvalue weighted by Crippen LogP contribution is -2.30. The molecule has 2 aliphatic rings. The van der Waals surface area contributed by atoms with Gasteiger partial charge in [-0.05, 0) is 45.6 Å². The summed E-state index contributed by atoms with van der Waals surface area (Å²) >= 11 is 0. The van der Waals surface area contributed by atoms with Crippen LogP contribution in [0.15, 0.2) is 0 Å². The molecule has 2 heteroatoms. The molecule has 1 saturated carbocycles. The summed E-state index contributed by atoms with van der Waals surface area (Å²) in [6, 6.07) is 0.685. The zero-order valence-corrected chi connectivity index (χ0v) is 9.05. The van der Waals surface area contributed by atoms with Gasteiger partial charge >= 0.3 is 0 Å². The van der Waals surface area contributed by atoms with Gasteiger partial charge in [0.25, 0.3) is 0 Å². The monoisotopic (exact) mass is 183 g/mol. The molecule has 1 spiro atoms. The molecule has 0 aromatic rings. The highest BCUT2D eigenvalue weighted by atomic mass is 16.5. The molecule has 0 amide bonds. The smallest absolute Gasteiger partial charge is 0.0625 e. The van der Waals surface area contributed by atoms with E-state index in [0.29, 0.717) is 12.1 Å². The van der Waals surface area contributed by atoms with Crippen LogP contribution >= 0.6 is 0 Å². The quantitative estimate of drug-likeness (QED) is 0.662. The van der Waals surface area contributed by atoms with Gasteiger partial charge in [-0.3, -0.25) is 0 Å². The van der Waals surface area contributed by atoms with Crippen LogP contribution in [-0.2, 0) is 4.74 Å². The first-order chi connectivity index (χ1) is 6.11. The van der Waals surface area contributed by atoms with E-state index in [1.807, 2.05) is 0 Å². The molecular weight excluding hydrogens is 162 g/mol. The summed E-state index contributed by atoms with van der Waals surface area (Å²) in [5, 5.41) is 0. The zero-order valence-electron chi connectivity index (χ0n) is 9.05. The first-order valence-electron chi connectivity index (χ1n) is 5.43. The molecule has 1 aliphatic carbocycles. The molecule has 0 aromatic heterocycles. The first-order valence-corrected chi connectivity index (χ1v) is 5.43. The zero-order chi connectivity index (χ0) is 9.47. The summed E-state index contributed by atoms with van der Waals surface area (Å²) in [4.78, 5) is 2.48. The maximum atomic E-state index is 5.68. The van der Waals surface area contributed by atoms with Crippen molar-refractivity contribution in [1.82, 2.24) is 4.90 Å².